The van der Waals surface area contributed by atoms with Crippen LogP contribution in [0.2, 0.25) is 0 Å². The zero-order valence-electron chi connectivity index (χ0n) is 17.3. The first-order chi connectivity index (χ1) is 15.2. The van der Waals surface area contributed by atoms with E-state index in [0.29, 0.717) is 35.8 Å². The lowest BCUT2D eigenvalue weighted by atomic mass is 10.1. The summed E-state index contributed by atoms with van der Waals surface area (Å²) in [7, 11) is 0. The van der Waals surface area contributed by atoms with Gasteiger partial charge in [0.05, 0.1) is 11.3 Å². The molecule has 2 amide bonds. The van der Waals surface area contributed by atoms with Crippen LogP contribution in [0, 0.1) is 0 Å². The zero-order chi connectivity index (χ0) is 21.5. The minimum Gasteiger partial charge on any atom is -0.349 e. The highest BCUT2D eigenvalue weighted by molar-refractivity contribution is 6.03. The van der Waals surface area contributed by atoms with Crippen LogP contribution in [0.1, 0.15) is 59.7 Å². The molecular weight excluding hydrogens is 392 g/mol. The normalized spacial score (nSPS) is 13.8. The summed E-state index contributed by atoms with van der Waals surface area (Å²) in [5.74, 6) is 0.665. The Bertz CT molecular complexity index is 1030. The number of carbonyl (C=O) groups excluding carboxylic acids is 2. The molecule has 7 heteroatoms. The van der Waals surface area contributed by atoms with Gasteiger partial charge in [0.1, 0.15) is 0 Å². The average molecular weight is 418 g/mol. The van der Waals surface area contributed by atoms with E-state index in [2.05, 4.69) is 20.8 Å². The second kappa shape index (κ2) is 10.0. The van der Waals surface area contributed by atoms with Crippen molar-refractivity contribution in [3.63, 3.8) is 0 Å². The number of hydrogen-bond acceptors (Lipinski definition) is 5. The van der Waals surface area contributed by atoms with Crippen LogP contribution in [-0.4, -0.2) is 28.0 Å². The van der Waals surface area contributed by atoms with Crippen LogP contribution in [0.3, 0.4) is 0 Å². The second-order valence-corrected chi connectivity index (χ2v) is 7.82. The molecule has 1 heterocycles. The van der Waals surface area contributed by atoms with Crippen molar-refractivity contribution in [1.29, 1.82) is 0 Å². The summed E-state index contributed by atoms with van der Waals surface area (Å²) < 4.78 is 5.27. The zero-order valence-corrected chi connectivity index (χ0v) is 17.3. The molecule has 0 radical (unpaired) electrons. The fourth-order valence-electron chi connectivity index (χ4n) is 3.80. The summed E-state index contributed by atoms with van der Waals surface area (Å²) in [4.78, 5) is 29.5. The Morgan fingerprint density at radius 3 is 2.55 bits per heavy atom. The molecule has 0 saturated heterocycles. The molecule has 7 nitrogen and oxygen atoms in total. The molecule has 0 unspecified atom stereocenters. The Morgan fingerprint density at radius 1 is 1.00 bits per heavy atom. The van der Waals surface area contributed by atoms with Gasteiger partial charge >= 0.3 is 0 Å². The Balaban J connectivity index is 1.31. The summed E-state index contributed by atoms with van der Waals surface area (Å²) in [6.07, 6.45) is 5.42. The van der Waals surface area contributed by atoms with E-state index in [1.54, 1.807) is 24.3 Å². The number of benzene rings is 2. The maximum Gasteiger partial charge on any atom is 0.253 e. The van der Waals surface area contributed by atoms with E-state index >= 15 is 0 Å². The Labute approximate surface area is 181 Å². The monoisotopic (exact) mass is 418 g/mol. The third-order valence-corrected chi connectivity index (χ3v) is 5.42. The van der Waals surface area contributed by atoms with Crippen LogP contribution in [0.4, 0.5) is 5.69 Å². The first kappa shape index (κ1) is 20.8. The minimum absolute atomic E-state index is 0.148. The van der Waals surface area contributed by atoms with Crippen molar-refractivity contribution in [2.45, 2.75) is 51.0 Å². The first-order valence-corrected chi connectivity index (χ1v) is 10.7. The van der Waals surface area contributed by atoms with Crippen molar-refractivity contribution in [1.82, 2.24) is 15.5 Å². The molecular formula is C24H26N4O3. The third-order valence-electron chi connectivity index (χ3n) is 5.42. The van der Waals surface area contributed by atoms with Gasteiger partial charge in [0.2, 0.25) is 11.8 Å². The maximum absolute atomic E-state index is 12.6. The standard InChI is InChI=1S/C24H26N4O3/c29-22(14-15-23-27-21(28-31-23)16-17-8-2-1-3-9-17)26-20-13-7-6-12-19(20)24(30)25-18-10-4-5-11-18/h1-3,6-9,12-13,18H,4-5,10-11,14-16H2,(H,25,30)(H,26,29). The molecule has 1 aliphatic rings. The highest BCUT2D eigenvalue weighted by atomic mass is 16.5. The van der Waals surface area contributed by atoms with E-state index in [4.69, 9.17) is 4.52 Å². The van der Waals surface area contributed by atoms with Gasteiger partial charge < -0.3 is 15.2 Å². The largest absolute Gasteiger partial charge is 0.349 e. The van der Waals surface area contributed by atoms with Crippen molar-refractivity contribution in [2.75, 3.05) is 5.32 Å². The summed E-state index contributed by atoms with van der Waals surface area (Å²) >= 11 is 0. The van der Waals surface area contributed by atoms with Gasteiger partial charge in [0.25, 0.3) is 5.91 Å². The molecule has 1 aliphatic carbocycles. The molecule has 1 aromatic heterocycles. The number of aromatic nitrogens is 2. The summed E-state index contributed by atoms with van der Waals surface area (Å²) in [6.45, 7) is 0. The molecule has 3 aromatic rings. The van der Waals surface area contributed by atoms with E-state index in [0.717, 1.165) is 31.2 Å². The topological polar surface area (TPSA) is 97.1 Å². The van der Waals surface area contributed by atoms with Crippen LogP contribution in [0.15, 0.2) is 59.1 Å². The molecule has 2 N–H and O–H groups in total. The van der Waals surface area contributed by atoms with Crippen LogP contribution in [0.5, 0.6) is 0 Å². The average Bonchev–Trinajstić information content (AvgIpc) is 3.45. The van der Waals surface area contributed by atoms with E-state index in [1.165, 1.54) is 0 Å². The van der Waals surface area contributed by atoms with E-state index in [-0.39, 0.29) is 24.3 Å². The summed E-state index contributed by atoms with van der Waals surface area (Å²) in [5.41, 5.74) is 2.09. The lowest BCUT2D eigenvalue weighted by Crippen LogP contribution is -2.33. The summed E-state index contributed by atoms with van der Waals surface area (Å²) in [5, 5.41) is 9.90. The van der Waals surface area contributed by atoms with Crippen molar-refractivity contribution in [3.05, 3.63) is 77.4 Å². The Hall–Kier alpha value is -3.48. The SMILES string of the molecule is O=C(CCc1nc(Cc2ccccc2)no1)Nc1ccccc1C(=O)NC1CCCC1. The molecule has 1 saturated carbocycles. The molecule has 4 rings (SSSR count). The van der Waals surface area contributed by atoms with Crippen molar-refractivity contribution in [2.24, 2.45) is 0 Å². The molecule has 0 aliphatic heterocycles. The summed E-state index contributed by atoms with van der Waals surface area (Å²) in [6, 6.07) is 17.2. The van der Waals surface area contributed by atoms with Crippen molar-refractivity contribution >= 4 is 17.5 Å². The van der Waals surface area contributed by atoms with Gasteiger partial charge in [0.15, 0.2) is 5.82 Å². The first-order valence-electron chi connectivity index (χ1n) is 10.7. The fourth-order valence-corrected chi connectivity index (χ4v) is 3.80. The number of para-hydroxylation sites is 1. The maximum atomic E-state index is 12.6. The van der Waals surface area contributed by atoms with Gasteiger partial charge in [-0.3, -0.25) is 9.59 Å². The van der Waals surface area contributed by atoms with Crippen molar-refractivity contribution in [3.8, 4) is 0 Å². The smallest absolute Gasteiger partial charge is 0.253 e. The van der Waals surface area contributed by atoms with Gasteiger partial charge in [-0.15, -0.1) is 0 Å². The predicted octanol–water partition coefficient (Wildman–Crippen LogP) is 3.90. The molecule has 160 valence electrons. The number of amides is 2. The Morgan fingerprint density at radius 2 is 1.74 bits per heavy atom. The molecule has 2 aromatic carbocycles. The van der Waals surface area contributed by atoms with Gasteiger partial charge in [-0.05, 0) is 30.5 Å². The number of rotatable bonds is 8. The number of nitrogens with zero attached hydrogens (tertiary/aromatic N) is 2. The van der Waals surface area contributed by atoms with E-state index in [9.17, 15) is 9.59 Å². The Kier molecular flexibility index (Phi) is 6.72. The molecule has 0 atom stereocenters. The van der Waals surface area contributed by atoms with Crippen LogP contribution < -0.4 is 10.6 Å². The van der Waals surface area contributed by atoms with Gasteiger partial charge in [-0.1, -0.05) is 60.5 Å². The van der Waals surface area contributed by atoms with Gasteiger partial charge in [-0.25, -0.2) is 0 Å². The number of nitrogens with one attached hydrogen (secondary N) is 2. The van der Waals surface area contributed by atoms with Crippen LogP contribution in [-0.2, 0) is 17.6 Å². The number of hydrogen-bond donors (Lipinski definition) is 2. The molecule has 0 spiro atoms. The molecule has 31 heavy (non-hydrogen) atoms. The minimum atomic E-state index is -0.205. The van der Waals surface area contributed by atoms with Gasteiger partial charge in [0, 0.05) is 25.3 Å². The van der Waals surface area contributed by atoms with E-state index in [1.807, 2.05) is 30.3 Å². The van der Waals surface area contributed by atoms with Gasteiger partial charge in [-0.2, -0.15) is 4.98 Å². The quantitative estimate of drug-likeness (QED) is 0.578. The fraction of sp³-hybridized carbons (Fsp3) is 0.333. The number of aryl methyl sites for hydroxylation is 1. The number of anilines is 1. The number of carbonyl (C=O) groups is 2. The molecule has 1 fully saturated rings. The predicted molar refractivity (Wildman–Crippen MR) is 117 cm³/mol. The second-order valence-electron chi connectivity index (χ2n) is 7.82. The highest BCUT2D eigenvalue weighted by Gasteiger charge is 2.20. The van der Waals surface area contributed by atoms with Crippen molar-refractivity contribution < 1.29 is 14.1 Å². The lowest BCUT2D eigenvalue weighted by molar-refractivity contribution is -0.116. The van der Waals surface area contributed by atoms with Crippen LogP contribution >= 0.6 is 0 Å². The third kappa shape index (κ3) is 5.78. The molecule has 0 bridgehead atoms. The lowest BCUT2D eigenvalue weighted by Gasteiger charge is -2.15. The highest BCUT2D eigenvalue weighted by Crippen LogP contribution is 2.20. The van der Waals surface area contributed by atoms with Crippen LogP contribution in [0.25, 0.3) is 0 Å². The van der Waals surface area contributed by atoms with E-state index < -0.39 is 0 Å².